The van der Waals surface area contributed by atoms with Crippen molar-refractivity contribution in [1.82, 2.24) is 0 Å². The Morgan fingerprint density at radius 3 is 2.52 bits per heavy atom. The standard InChI is InChI=1S/C17H17N3O/c1-12-3-4-13(2)16(9-12)20-17(21)11-19-15-7-5-14(10-18)6-8-15/h3-9,19H,11H2,1-2H3,(H,20,21). The first-order valence-corrected chi connectivity index (χ1v) is 6.69. The minimum Gasteiger partial charge on any atom is -0.376 e. The lowest BCUT2D eigenvalue weighted by Gasteiger charge is -2.10. The second-order valence-electron chi connectivity index (χ2n) is 4.91. The van der Waals surface area contributed by atoms with Crippen molar-refractivity contribution >= 4 is 17.3 Å². The number of rotatable bonds is 4. The van der Waals surface area contributed by atoms with Crippen LogP contribution in [0.1, 0.15) is 16.7 Å². The van der Waals surface area contributed by atoms with Gasteiger partial charge in [-0.3, -0.25) is 4.79 Å². The number of nitrogens with one attached hydrogen (secondary N) is 2. The minimum atomic E-state index is -0.104. The van der Waals surface area contributed by atoms with E-state index in [0.29, 0.717) is 5.56 Å². The third-order valence-corrected chi connectivity index (χ3v) is 3.13. The van der Waals surface area contributed by atoms with Crippen LogP contribution in [0.5, 0.6) is 0 Å². The molecule has 2 rings (SSSR count). The van der Waals surface area contributed by atoms with E-state index >= 15 is 0 Å². The lowest BCUT2D eigenvalue weighted by molar-refractivity contribution is -0.114. The fourth-order valence-corrected chi connectivity index (χ4v) is 1.91. The van der Waals surface area contributed by atoms with Gasteiger partial charge in [0.2, 0.25) is 5.91 Å². The van der Waals surface area contributed by atoms with E-state index in [4.69, 9.17) is 5.26 Å². The van der Waals surface area contributed by atoms with Crippen LogP contribution in [0.3, 0.4) is 0 Å². The second kappa shape index (κ2) is 6.58. The van der Waals surface area contributed by atoms with Gasteiger partial charge in [-0.25, -0.2) is 0 Å². The van der Waals surface area contributed by atoms with Gasteiger partial charge in [-0.05, 0) is 55.3 Å². The molecule has 0 aliphatic heterocycles. The molecule has 4 nitrogen and oxygen atoms in total. The van der Waals surface area contributed by atoms with E-state index in [0.717, 1.165) is 22.5 Å². The smallest absolute Gasteiger partial charge is 0.243 e. The first kappa shape index (κ1) is 14.6. The number of anilines is 2. The molecule has 0 aromatic heterocycles. The Balaban J connectivity index is 1.92. The van der Waals surface area contributed by atoms with E-state index in [1.54, 1.807) is 24.3 Å². The molecule has 1 amide bonds. The average molecular weight is 279 g/mol. The summed E-state index contributed by atoms with van der Waals surface area (Å²) in [5.41, 5.74) is 4.38. The first-order valence-electron chi connectivity index (χ1n) is 6.69. The molecule has 2 N–H and O–H groups in total. The van der Waals surface area contributed by atoms with Crippen molar-refractivity contribution in [3.8, 4) is 6.07 Å². The molecule has 0 heterocycles. The third kappa shape index (κ3) is 4.08. The minimum absolute atomic E-state index is 0.104. The third-order valence-electron chi connectivity index (χ3n) is 3.13. The van der Waals surface area contributed by atoms with E-state index in [1.165, 1.54) is 0 Å². The van der Waals surface area contributed by atoms with Crippen LogP contribution in [0.4, 0.5) is 11.4 Å². The van der Waals surface area contributed by atoms with Gasteiger partial charge in [0.1, 0.15) is 0 Å². The molecule has 0 fully saturated rings. The predicted molar refractivity (Wildman–Crippen MR) is 84.2 cm³/mol. The highest BCUT2D eigenvalue weighted by molar-refractivity contribution is 5.94. The van der Waals surface area contributed by atoms with Crippen molar-refractivity contribution in [1.29, 1.82) is 5.26 Å². The monoisotopic (exact) mass is 279 g/mol. The average Bonchev–Trinajstić information content (AvgIpc) is 2.49. The van der Waals surface area contributed by atoms with Gasteiger partial charge in [-0.15, -0.1) is 0 Å². The van der Waals surface area contributed by atoms with Crippen LogP contribution in [0.15, 0.2) is 42.5 Å². The van der Waals surface area contributed by atoms with Crippen LogP contribution < -0.4 is 10.6 Å². The second-order valence-corrected chi connectivity index (χ2v) is 4.91. The number of aryl methyl sites for hydroxylation is 2. The van der Waals surface area contributed by atoms with Crippen molar-refractivity contribution in [3.05, 3.63) is 59.2 Å². The zero-order valence-corrected chi connectivity index (χ0v) is 12.1. The quantitative estimate of drug-likeness (QED) is 0.903. The molecule has 106 valence electrons. The summed E-state index contributed by atoms with van der Waals surface area (Å²) in [6.45, 7) is 4.13. The summed E-state index contributed by atoms with van der Waals surface area (Å²) >= 11 is 0. The van der Waals surface area contributed by atoms with Crippen LogP contribution in [-0.4, -0.2) is 12.5 Å². The number of amides is 1. The summed E-state index contributed by atoms with van der Waals surface area (Å²) in [4.78, 5) is 11.9. The van der Waals surface area contributed by atoms with Gasteiger partial charge in [-0.1, -0.05) is 12.1 Å². The molecular weight excluding hydrogens is 262 g/mol. The highest BCUT2D eigenvalue weighted by Gasteiger charge is 2.05. The van der Waals surface area contributed by atoms with Crippen LogP contribution in [0.2, 0.25) is 0 Å². The number of hydrogen-bond acceptors (Lipinski definition) is 3. The van der Waals surface area contributed by atoms with Gasteiger partial charge >= 0.3 is 0 Å². The van der Waals surface area contributed by atoms with E-state index in [1.807, 2.05) is 32.0 Å². The van der Waals surface area contributed by atoms with E-state index in [9.17, 15) is 4.79 Å². The van der Waals surface area contributed by atoms with Crippen molar-refractivity contribution in [2.75, 3.05) is 17.2 Å². The maximum atomic E-state index is 11.9. The van der Waals surface area contributed by atoms with Gasteiger partial charge in [0.05, 0.1) is 18.2 Å². The lowest BCUT2D eigenvalue weighted by atomic mass is 10.1. The summed E-state index contributed by atoms with van der Waals surface area (Å²) in [7, 11) is 0. The molecule has 0 aliphatic rings. The van der Waals surface area contributed by atoms with E-state index in [-0.39, 0.29) is 12.5 Å². The molecule has 2 aromatic carbocycles. The molecule has 0 saturated heterocycles. The Morgan fingerprint density at radius 2 is 1.86 bits per heavy atom. The SMILES string of the molecule is Cc1ccc(C)c(NC(=O)CNc2ccc(C#N)cc2)c1. The molecule has 0 aliphatic carbocycles. The Labute approximate surface area is 124 Å². The summed E-state index contributed by atoms with van der Waals surface area (Å²) in [5.74, 6) is -0.104. The number of carbonyl (C=O) groups is 1. The molecule has 21 heavy (non-hydrogen) atoms. The molecular formula is C17H17N3O. The number of benzene rings is 2. The van der Waals surface area contributed by atoms with Crippen LogP contribution in [0, 0.1) is 25.2 Å². The van der Waals surface area contributed by atoms with Gasteiger partial charge in [0.25, 0.3) is 0 Å². The summed E-state index contributed by atoms with van der Waals surface area (Å²) < 4.78 is 0. The highest BCUT2D eigenvalue weighted by Crippen LogP contribution is 2.16. The zero-order valence-electron chi connectivity index (χ0n) is 12.1. The summed E-state index contributed by atoms with van der Waals surface area (Å²) in [6.07, 6.45) is 0. The highest BCUT2D eigenvalue weighted by atomic mass is 16.1. The number of nitriles is 1. The van der Waals surface area contributed by atoms with Crippen molar-refractivity contribution in [3.63, 3.8) is 0 Å². The van der Waals surface area contributed by atoms with Crippen LogP contribution >= 0.6 is 0 Å². The van der Waals surface area contributed by atoms with Gasteiger partial charge in [-0.2, -0.15) is 5.26 Å². The maximum absolute atomic E-state index is 11.9. The predicted octanol–water partition coefficient (Wildman–Crippen LogP) is 3.23. The van der Waals surface area contributed by atoms with Crippen LogP contribution in [0.25, 0.3) is 0 Å². The largest absolute Gasteiger partial charge is 0.376 e. The Bertz CT molecular complexity index is 684. The fourth-order valence-electron chi connectivity index (χ4n) is 1.91. The summed E-state index contributed by atoms with van der Waals surface area (Å²) in [6, 6.07) is 15.0. The number of carbonyl (C=O) groups excluding carboxylic acids is 1. The molecule has 0 spiro atoms. The van der Waals surface area contributed by atoms with Crippen molar-refractivity contribution < 1.29 is 4.79 Å². The van der Waals surface area contributed by atoms with Crippen molar-refractivity contribution in [2.24, 2.45) is 0 Å². The Kier molecular flexibility index (Phi) is 4.57. The first-order chi connectivity index (χ1) is 10.1. The van der Waals surface area contributed by atoms with Crippen molar-refractivity contribution in [2.45, 2.75) is 13.8 Å². The van der Waals surface area contributed by atoms with E-state index < -0.39 is 0 Å². The molecule has 0 atom stereocenters. The van der Waals surface area contributed by atoms with Gasteiger partial charge in [0, 0.05) is 11.4 Å². The fraction of sp³-hybridized carbons (Fsp3) is 0.176. The molecule has 4 heteroatoms. The van der Waals surface area contributed by atoms with E-state index in [2.05, 4.69) is 16.7 Å². The Morgan fingerprint density at radius 1 is 1.14 bits per heavy atom. The molecule has 0 bridgehead atoms. The number of nitrogens with zero attached hydrogens (tertiary/aromatic N) is 1. The molecule has 2 aromatic rings. The van der Waals surface area contributed by atoms with Gasteiger partial charge in [0.15, 0.2) is 0 Å². The van der Waals surface area contributed by atoms with Gasteiger partial charge < -0.3 is 10.6 Å². The molecule has 0 saturated carbocycles. The zero-order chi connectivity index (χ0) is 15.2. The number of hydrogen-bond donors (Lipinski definition) is 2. The Hall–Kier alpha value is -2.80. The topological polar surface area (TPSA) is 64.9 Å². The lowest BCUT2D eigenvalue weighted by Crippen LogP contribution is -2.22. The van der Waals surface area contributed by atoms with Crippen LogP contribution in [-0.2, 0) is 4.79 Å². The molecule has 0 radical (unpaired) electrons. The maximum Gasteiger partial charge on any atom is 0.243 e. The summed E-state index contributed by atoms with van der Waals surface area (Å²) in [5, 5.41) is 14.6. The normalized spacial score (nSPS) is 9.76. The molecule has 0 unspecified atom stereocenters.